The van der Waals surface area contributed by atoms with Crippen LogP contribution in [0.25, 0.3) is 17.3 Å². The van der Waals surface area contributed by atoms with Crippen molar-refractivity contribution in [2.45, 2.75) is 0 Å². The Labute approximate surface area is 160 Å². The quantitative estimate of drug-likeness (QED) is 0.630. The summed E-state index contributed by atoms with van der Waals surface area (Å²) in [6, 6.07) is 11.4. The lowest BCUT2D eigenvalue weighted by Crippen LogP contribution is -2.07. The number of nitrogens with one attached hydrogen (secondary N) is 1. The van der Waals surface area contributed by atoms with Gasteiger partial charge in [-0.3, -0.25) is 10.1 Å². The summed E-state index contributed by atoms with van der Waals surface area (Å²) in [5, 5.41) is 4.97. The van der Waals surface area contributed by atoms with E-state index in [2.05, 4.69) is 10.3 Å². The van der Waals surface area contributed by atoms with Gasteiger partial charge in [0.05, 0.1) is 19.9 Å². The average Bonchev–Trinajstić information content (AvgIpc) is 3.14. The molecular weight excluding hydrogens is 367 g/mol. The molecule has 1 N–H and O–H groups in total. The van der Waals surface area contributed by atoms with Crippen LogP contribution < -0.4 is 14.8 Å². The van der Waals surface area contributed by atoms with E-state index < -0.39 is 0 Å². The molecule has 5 nitrogen and oxygen atoms in total. The molecule has 0 aliphatic heterocycles. The zero-order valence-corrected chi connectivity index (χ0v) is 15.5. The van der Waals surface area contributed by atoms with Gasteiger partial charge in [0.2, 0.25) is 5.91 Å². The van der Waals surface area contributed by atoms with Gasteiger partial charge in [0.25, 0.3) is 0 Å². The predicted octanol–water partition coefficient (Wildman–Crippen LogP) is 4.62. The van der Waals surface area contributed by atoms with Crippen molar-refractivity contribution in [1.82, 2.24) is 4.98 Å². The van der Waals surface area contributed by atoms with Gasteiger partial charge < -0.3 is 9.47 Å². The zero-order valence-electron chi connectivity index (χ0n) is 14.7. The van der Waals surface area contributed by atoms with Crippen molar-refractivity contribution in [3.8, 4) is 22.8 Å². The molecule has 0 bridgehead atoms. The maximum Gasteiger partial charge on any atom is 0.250 e. The number of carbonyl (C=O) groups is 1. The minimum atomic E-state index is -0.352. The summed E-state index contributed by atoms with van der Waals surface area (Å²) in [5.74, 6) is 0.638. The van der Waals surface area contributed by atoms with Gasteiger partial charge in [-0.05, 0) is 42.0 Å². The summed E-state index contributed by atoms with van der Waals surface area (Å²) in [7, 11) is 3.17. The molecule has 0 saturated heterocycles. The number of amides is 1. The van der Waals surface area contributed by atoms with E-state index in [-0.39, 0.29) is 11.7 Å². The molecule has 27 heavy (non-hydrogen) atoms. The van der Waals surface area contributed by atoms with Crippen LogP contribution in [0.15, 0.2) is 53.9 Å². The Morgan fingerprint density at radius 1 is 1.19 bits per heavy atom. The zero-order chi connectivity index (χ0) is 19.2. The van der Waals surface area contributed by atoms with Crippen molar-refractivity contribution < 1.29 is 18.7 Å². The number of halogens is 1. The largest absolute Gasteiger partial charge is 0.497 e. The molecule has 1 heterocycles. The lowest BCUT2D eigenvalue weighted by atomic mass is 10.1. The van der Waals surface area contributed by atoms with Gasteiger partial charge in [0.15, 0.2) is 5.13 Å². The Morgan fingerprint density at radius 2 is 2.04 bits per heavy atom. The van der Waals surface area contributed by atoms with Gasteiger partial charge in [-0.25, -0.2) is 9.37 Å². The minimum Gasteiger partial charge on any atom is -0.497 e. The number of hydrogen-bond acceptors (Lipinski definition) is 5. The van der Waals surface area contributed by atoms with Crippen molar-refractivity contribution in [3.05, 3.63) is 65.3 Å². The van der Waals surface area contributed by atoms with Gasteiger partial charge in [0.1, 0.15) is 17.3 Å². The molecule has 1 aromatic heterocycles. The number of methoxy groups -OCH3 is 2. The van der Waals surface area contributed by atoms with Crippen molar-refractivity contribution in [1.29, 1.82) is 0 Å². The van der Waals surface area contributed by atoms with Crippen LogP contribution >= 0.6 is 11.3 Å². The molecule has 0 fully saturated rings. The summed E-state index contributed by atoms with van der Waals surface area (Å²) in [6.45, 7) is 0. The van der Waals surface area contributed by atoms with Crippen molar-refractivity contribution in [2.75, 3.05) is 19.5 Å². The van der Waals surface area contributed by atoms with Crippen LogP contribution in [0.3, 0.4) is 0 Å². The Balaban J connectivity index is 1.73. The monoisotopic (exact) mass is 384 g/mol. The third-order valence-corrected chi connectivity index (χ3v) is 4.45. The summed E-state index contributed by atoms with van der Waals surface area (Å²) >= 11 is 1.30. The van der Waals surface area contributed by atoms with Crippen LogP contribution in [0.4, 0.5) is 9.52 Å². The first kappa shape index (κ1) is 18.6. The molecule has 0 aliphatic carbocycles. The van der Waals surface area contributed by atoms with Crippen LogP contribution in [0.5, 0.6) is 11.5 Å². The molecule has 138 valence electrons. The van der Waals surface area contributed by atoms with Crippen LogP contribution in [0.2, 0.25) is 0 Å². The second-order valence-electron chi connectivity index (χ2n) is 5.48. The number of anilines is 1. The van der Waals surface area contributed by atoms with Crippen LogP contribution in [-0.4, -0.2) is 25.1 Å². The Hall–Kier alpha value is -3.19. The highest BCUT2D eigenvalue weighted by atomic mass is 32.1. The smallest absolute Gasteiger partial charge is 0.250 e. The highest BCUT2D eigenvalue weighted by Crippen LogP contribution is 2.35. The van der Waals surface area contributed by atoms with Crippen molar-refractivity contribution in [3.63, 3.8) is 0 Å². The number of rotatable bonds is 6. The van der Waals surface area contributed by atoms with E-state index in [1.54, 1.807) is 38.5 Å². The maximum absolute atomic E-state index is 13.2. The lowest BCUT2D eigenvalue weighted by molar-refractivity contribution is -0.111. The molecule has 0 saturated carbocycles. The van der Waals surface area contributed by atoms with Crippen LogP contribution in [-0.2, 0) is 4.79 Å². The number of hydrogen-bond donors (Lipinski definition) is 1. The van der Waals surface area contributed by atoms with Gasteiger partial charge in [-0.15, -0.1) is 11.3 Å². The fraction of sp³-hybridized carbons (Fsp3) is 0.100. The van der Waals surface area contributed by atoms with E-state index in [9.17, 15) is 9.18 Å². The fourth-order valence-electron chi connectivity index (χ4n) is 2.40. The lowest BCUT2D eigenvalue weighted by Gasteiger charge is -2.08. The number of thiazole rings is 1. The molecule has 0 spiro atoms. The average molecular weight is 384 g/mol. The molecule has 0 aliphatic rings. The van der Waals surface area contributed by atoms with Crippen LogP contribution in [0.1, 0.15) is 5.56 Å². The number of ether oxygens (including phenoxy) is 2. The first-order valence-electron chi connectivity index (χ1n) is 8.01. The van der Waals surface area contributed by atoms with E-state index in [0.717, 1.165) is 5.56 Å². The molecule has 0 atom stereocenters. The normalized spacial score (nSPS) is 10.8. The molecule has 3 aromatic rings. The summed E-state index contributed by atoms with van der Waals surface area (Å²) in [4.78, 5) is 16.5. The Bertz CT molecular complexity index is 985. The van der Waals surface area contributed by atoms with E-state index in [0.29, 0.717) is 27.9 Å². The summed E-state index contributed by atoms with van der Waals surface area (Å²) < 4.78 is 23.8. The Kier molecular flexibility index (Phi) is 5.83. The maximum atomic E-state index is 13.2. The van der Waals surface area contributed by atoms with Crippen LogP contribution in [0, 0.1) is 5.82 Å². The number of benzene rings is 2. The standard InChI is InChI=1S/C20H17FN2O3S/c1-25-15-7-8-18(26-2)16(11-15)17-12-27-20(22-17)23-19(24)9-6-13-4-3-5-14(21)10-13/h3-12H,1-2H3,(H,22,23,24). The molecule has 0 unspecified atom stereocenters. The van der Waals surface area contributed by atoms with E-state index in [1.807, 2.05) is 11.4 Å². The van der Waals surface area contributed by atoms with Crippen molar-refractivity contribution in [2.24, 2.45) is 0 Å². The highest BCUT2D eigenvalue weighted by molar-refractivity contribution is 7.14. The SMILES string of the molecule is COc1ccc(OC)c(-c2csc(NC(=O)C=Cc3cccc(F)c3)n2)c1. The second-order valence-corrected chi connectivity index (χ2v) is 6.34. The van der Waals surface area contributed by atoms with E-state index in [4.69, 9.17) is 9.47 Å². The second kappa shape index (κ2) is 8.46. The third kappa shape index (κ3) is 4.71. The van der Waals surface area contributed by atoms with Gasteiger partial charge in [-0.1, -0.05) is 12.1 Å². The fourth-order valence-corrected chi connectivity index (χ4v) is 3.11. The highest BCUT2D eigenvalue weighted by Gasteiger charge is 2.12. The molecule has 0 radical (unpaired) electrons. The molecule has 7 heteroatoms. The van der Waals surface area contributed by atoms with Gasteiger partial charge >= 0.3 is 0 Å². The van der Waals surface area contributed by atoms with E-state index >= 15 is 0 Å². The number of nitrogens with zero attached hydrogens (tertiary/aromatic N) is 1. The first-order valence-corrected chi connectivity index (χ1v) is 8.89. The van der Waals surface area contributed by atoms with Crippen molar-refractivity contribution >= 4 is 28.5 Å². The topological polar surface area (TPSA) is 60.5 Å². The van der Waals surface area contributed by atoms with Gasteiger partial charge in [0, 0.05) is 17.0 Å². The predicted molar refractivity (Wildman–Crippen MR) is 105 cm³/mol. The number of aromatic nitrogens is 1. The number of carbonyl (C=O) groups excluding carboxylic acids is 1. The third-order valence-electron chi connectivity index (χ3n) is 3.69. The molecule has 3 rings (SSSR count). The molecular formula is C20H17FN2O3S. The first-order chi connectivity index (χ1) is 13.1. The molecule has 1 amide bonds. The van der Waals surface area contributed by atoms with Gasteiger partial charge in [-0.2, -0.15) is 0 Å². The molecule has 2 aromatic carbocycles. The summed E-state index contributed by atoms with van der Waals surface area (Å²) in [5.41, 5.74) is 2.04. The summed E-state index contributed by atoms with van der Waals surface area (Å²) in [6.07, 6.45) is 2.87. The minimum absolute atomic E-state index is 0.349. The Morgan fingerprint density at radius 3 is 2.78 bits per heavy atom. The van der Waals surface area contributed by atoms with E-state index in [1.165, 1.54) is 35.6 Å².